The SMILES string of the molecule is COc1ccc(S(N)(=O)=O)cc1C(=O)OCC(=O)N1C[C@@H](C)C[C@H](C)C1. The van der Waals surface area contributed by atoms with E-state index in [0.717, 1.165) is 12.5 Å². The van der Waals surface area contributed by atoms with Crippen LogP contribution in [0.1, 0.15) is 30.6 Å². The number of benzene rings is 1. The zero-order chi connectivity index (χ0) is 19.5. The summed E-state index contributed by atoms with van der Waals surface area (Å²) >= 11 is 0. The van der Waals surface area contributed by atoms with Crippen LogP contribution in [0.2, 0.25) is 0 Å². The first-order valence-corrected chi connectivity index (χ1v) is 9.82. The Morgan fingerprint density at radius 3 is 2.38 bits per heavy atom. The third-order valence-corrected chi connectivity index (χ3v) is 5.18. The smallest absolute Gasteiger partial charge is 0.342 e. The standard InChI is InChI=1S/C17H24N2O6S/c1-11-6-12(2)9-19(8-11)16(20)10-25-17(21)14-7-13(26(18,22)23)4-5-15(14)24-3/h4-5,7,11-12H,6,8-10H2,1-3H3,(H2,18,22,23)/t11-,12-/m0/s1. The van der Waals surface area contributed by atoms with Crippen LogP contribution in [0.15, 0.2) is 23.1 Å². The lowest BCUT2D eigenvalue weighted by Crippen LogP contribution is -2.44. The van der Waals surface area contributed by atoms with Crippen molar-refractivity contribution in [3.63, 3.8) is 0 Å². The van der Waals surface area contributed by atoms with Crippen LogP contribution in [0.25, 0.3) is 0 Å². The fraction of sp³-hybridized carbons (Fsp3) is 0.529. The highest BCUT2D eigenvalue weighted by atomic mass is 32.2. The number of nitrogens with two attached hydrogens (primary N) is 1. The number of sulfonamides is 1. The van der Waals surface area contributed by atoms with E-state index in [-0.39, 0.29) is 22.1 Å². The van der Waals surface area contributed by atoms with Gasteiger partial charge in [-0.25, -0.2) is 18.4 Å². The van der Waals surface area contributed by atoms with Gasteiger partial charge in [-0.1, -0.05) is 13.8 Å². The fourth-order valence-corrected chi connectivity index (χ4v) is 3.73. The van der Waals surface area contributed by atoms with Gasteiger partial charge < -0.3 is 14.4 Å². The number of nitrogens with zero attached hydrogens (tertiary/aromatic N) is 1. The number of primary sulfonamides is 1. The topological polar surface area (TPSA) is 116 Å². The second-order valence-electron chi connectivity index (χ2n) is 6.73. The number of esters is 1. The number of methoxy groups -OCH3 is 1. The summed E-state index contributed by atoms with van der Waals surface area (Å²) in [6, 6.07) is 3.62. The molecule has 1 aliphatic rings. The van der Waals surface area contributed by atoms with Crippen LogP contribution in [0.5, 0.6) is 5.75 Å². The van der Waals surface area contributed by atoms with Gasteiger partial charge >= 0.3 is 5.97 Å². The van der Waals surface area contributed by atoms with Crippen molar-refractivity contribution in [1.82, 2.24) is 4.90 Å². The predicted octanol–water partition coefficient (Wildman–Crippen LogP) is 1.00. The number of rotatable bonds is 5. The number of hydrogen-bond acceptors (Lipinski definition) is 6. The average Bonchev–Trinajstić information content (AvgIpc) is 2.57. The number of hydrogen-bond donors (Lipinski definition) is 1. The molecule has 2 N–H and O–H groups in total. The molecule has 1 saturated heterocycles. The lowest BCUT2D eigenvalue weighted by Gasteiger charge is -2.34. The molecule has 1 aromatic carbocycles. The minimum atomic E-state index is -3.98. The van der Waals surface area contributed by atoms with E-state index in [2.05, 4.69) is 13.8 Å². The molecule has 0 radical (unpaired) electrons. The number of carbonyl (C=O) groups is 2. The maximum Gasteiger partial charge on any atom is 0.342 e. The van der Waals surface area contributed by atoms with Crippen molar-refractivity contribution < 1.29 is 27.5 Å². The zero-order valence-corrected chi connectivity index (χ0v) is 15.9. The lowest BCUT2D eigenvalue weighted by atomic mass is 9.92. The van der Waals surface area contributed by atoms with Gasteiger partial charge in [-0.15, -0.1) is 0 Å². The van der Waals surface area contributed by atoms with Crippen molar-refractivity contribution in [3.05, 3.63) is 23.8 Å². The summed E-state index contributed by atoms with van der Waals surface area (Å²) in [6.07, 6.45) is 1.06. The molecule has 0 aromatic heterocycles. The van der Waals surface area contributed by atoms with Gasteiger partial charge in [-0.2, -0.15) is 0 Å². The van der Waals surface area contributed by atoms with Gasteiger partial charge in [0.1, 0.15) is 11.3 Å². The van der Waals surface area contributed by atoms with Crippen molar-refractivity contribution in [2.24, 2.45) is 17.0 Å². The van der Waals surface area contributed by atoms with E-state index >= 15 is 0 Å². The Bertz CT molecular complexity index is 782. The average molecular weight is 384 g/mol. The number of piperidine rings is 1. The van der Waals surface area contributed by atoms with Gasteiger partial charge in [0, 0.05) is 13.1 Å². The summed E-state index contributed by atoms with van der Waals surface area (Å²) in [5, 5.41) is 5.08. The summed E-state index contributed by atoms with van der Waals surface area (Å²) in [7, 11) is -2.65. The van der Waals surface area contributed by atoms with Crippen molar-refractivity contribution >= 4 is 21.9 Å². The highest BCUT2D eigenvalue weighted by molar-refractivity contribution is 7.89. The summed E-state index contributed by atoms with van der Waals surface area (Å²) in [5.41, 5.74) is -0.104. The minimum absolute atomic E-state index is 0.104. The number of likely N-dealkylation sites (tertiary alicyclic amines) is 1. The van der Waals surface area contributed by atoms with Crippen molar-refractivity contribution in [3.8, 4) is 5.75 Å². The van der Waals surface area contributed by atoms with Crippen molar-refractivity contribution in [2.75, 3.05) is 26.8 Å². The van der Waals surface area contributed by atoms with Crippen LogP contribution in [-0.2, 0) is 19.6 Å². The first-order chi connectivity index (χ1) is 12.1. The van der Waals surface area contributed by atoms with Crippen LogP contribution >= 0.6 is 0 Å². The molecule has 1 amide bonds. The van der Waals surface area contributed by atoms with Gasteiger partial charge in [0.2, 0.25) is 10.0 Å². The molecule has 0 spiro atoms. The van der Waals surface area contributed by atoms with E-state index in [4.69, 9.17) is 14.6 Å². The molecule has 144 valence electrons. The van der Waals surface area contributed by atoms with Crippen LogP contribution < -0.4 is 9.88 Å². The van der Waals surface area contributed by atoms with Crippen molar-refractivity contribution in [2.45, 2.75) is 25.2 Å². The molecular weight excluding hydrogens is 360 g/mol. The Morgan fingerprint density at radius 2 is 1.85 bits per heavy atom. The maximum absolute atomic E-state index is 12.3. The zero-order valence-electron chi connectivity index (χ0n) is 15.1. The molecule has 1 heterocycles. The molecule has 0 aliphatic carbocycles. The van der Waals surface area contributed by atoms with E-state index in [1.54, 1.807) is 4.90 Å². The number of ether oxygens (including phenoxy) is 2. The first kappa shape index (κ1) is 20.2. The maximum atomic E-state index is 12.3. The molecule has 0 bridgehead atoms. The van der Waals surface area contributed by atoms with Crippen LogP contribution in [0.4, 0.5) is 0 Å². The minimum Gasteiger partial charge on any atom is -0.496 e. The van der Waals surface area contributed by atoms with Gasteiger partial charge in [-0.3, -0.25) is 4.79 Å². The largest absolute Gasteiger partial charge is 0.496 e. The quantitative estimate of drug-likeness (QED) is 0.757. The van der Waals surface area contributed by atoms with Gasteiger partial charge in [0.25, 0.3) is 5.91 Å². The third kappa shape index (κ3) is 4.95. The summed E-state index contributed by atoms with van der Waals surface area (Å²) in [4.78, 5) is 26.1. The Morgan fingerprint density at radius 1 is 1.23 bits per heavy atom. The highest BCUT2D eigenvalue weighted by Crippen LogP contribution is 2.23. The van der Waals surface area contributed by atoms with E-state index in [0.29, 0.717) is 24.9 Å². The van der Waals surface area contributed by atoms with Crippen molar-refractivity contribution in [1.29, 1.82) is 0 Å². The van der Waals surface area contributed by atoms with E-state index < -0.39 is 22.6 Å². The Hall–Kier alpha value is -2.13. The molecule has 8 nitrogen and oxygen atoms in total. The molecule has 1 aromatic rings. The van der Waals surface area contributed by atoms with E-state index in [1.165, 1.54) is 19.2 Å². The molecule has 9 heteroatoms. The number of carbonyl (C=O) groups excluding carboxylic acids is 2. The second-order valence-corrected chi connectivity index (χ2v) is 8.29. The van der Waals surface area contributed by atoms with Crippen LogP contribution in [0, 0.1) is 11.8 Å². The van der Waals surface area contributed by atoms with Gasteiger partial charge in [0.05, 0.1) is 12.0 Å². The molecular formula is C17H24N2O6S. The normalized spacial score (nSPS) is 20.5. The Balaban J connectivity index is 2.08. The molecule has 2 atom stereocenters. The van der Waals surface area contributed by atoms with Gasteiger partial charge in [-0.05, 0) is 36.5 Å². The van der Waals surface area contributed by atoms with Crippen LogP contribution in [0.3, 0.4) is 0 Å². The predicted molar refractivity (Wildman–Crippen MR) is 94.2 cm³/mol. The molecule has 1 fully saturated rings. The molecule has 26 heavy (non-hydrogen) atoms. The van der Waals surface area contributed by atoms with E-state index in [1.807, 2.05) is 0 Å². The molecule has 0 saturated carbocycles. The summed E-state index contributed by atoms with van der Waals surface area (Å²) in [6.45, 7) is 4.99. The summed E-state index contributed by atoms with van der Waals surface area (Å²) < 4.78 is 33.1. The second kappa shape index (κ2) is 8.05. The highest BCUT2D eigenvalue weighted by Gasteiger charge is 2.26. The Labute approximate surface area is 153 Å². The monoisotopic (exact) mass is 384 g/mol. The molecule has 0 unspecified atom stereocenters. The fourth-order valence-electron chi connectivity index (χ4n) is 3.19. The summed E-state index contributed by atoms with van der Waals surface area (Å²) in [5.74, 6) is -0.206. The van der Waals surface area contributed by atoms with Gasteiger partial charge in [0.15, 0.2) is 6.61 Å². The van der Waals surface area contributed by atoms with E-state index in [9.17, 15) is 18.0 Å². The third-order valence-electron chi connectivity index (χ3n) is 4.27. The lowest BCUT2D eigenvalue weighted by molar-refractivity contribution is -0.137. The number of amides is 1. The molecule has 2 rings (SSSR count). The first-order valence-electron chi connectivity index (χ1n) is 8.27. The molecule has 1 aliphatic heterocycles. The Kier molecular flexibility index (Phi) is 6.25. The van der Waals surface area contributed by atoms with Crippen LogP contribution in [-0.4, -0.2) is 52.0 Å².